The molecule has 8 heteroatoms. The Balaban J connectivity index is 1.68. The van der Waals surface area contributed by atoms with Gasteiger partial charge in [-0.1, -0.05) is 30.3 Å². The van der Waals surface area contributed by atoms with E-state index in [2.05, 4.69) is 22.3 Å². The Morgan fingerprint density at radius 2 is 1.72 bits per heavy atom. The van der Waals surface area contributed by atoms with Gasteiger partial charge in [0.2, 0.25) is 0 Å². The lowest BCUT2D eigenvalue weighted by Gasteiger charge is -2.32. The summed E-state index contributed by atoms with van der Waals surface area (Å²) in [6, 6.07) is 13.1. The largest absolute Gasteiger partial charge is 0.496 e. The smallest absolute Gasteiger partial charge is 0.327 e. The first kappa shape index (κ1) is 20.6. The van der Waals surface area contributed by atoms with Crippen molar-refractivity contribution in [2.75, 3.05) is 27.3 Å². The van der Waals surface area contributed by atoms with Crippen molar-refractivity contribution in [1.82, 2.24) is 10.2 Å². The van der Waals surface area contributed by atoms with E-state index in [0.717, 1.165) is 32.5 Å². The van der Waals surface area contributed by atoms with Gasteiger partial charge >= 0.3 is 5.69 Å². The standard InChI is InChI=1S/C21H25N3O5/c1-28-17-8-9-18(29-2)20(24(26)27)19(17)21(25)22-16-10-12-23(13-11-16)14-15-6-4-3-5-7-15/h3-9,16H,10-14H2,1-2H3,(H,22,25). The van der Waals surface area contributed by atoms with Crippen molar-refractivity contribution in [2.24, 2.45) is 0 Å². The maximum Gasteiger partial charge on any atom is 0.327 e. The summed E-state index contributed by atoms with van der Waals surface area (Å²) in [7, 11) is 2.71. The number of rotatable bonds is 7. The molecular weight excluding hydrogens is 374 g/mol. The number of nitrogens with zero attached hydrogens (tertiary/aromatic N) is 2. The molecule has 2 aromatic rings. The van der Waals surface area contributed by atoms with Crippen molar-refractivity contribution in [2.45, 2.75) is 25.4 Å². The Morgan fingerprint density at radius 3 is 2.31 bits per heavy atom. The first-order valence-electron chi connectivity index (χ1n) is 9.50. The van der Waals surface area contributed by atoms with Crippen LogP contribution < -0.4 is 14.8 Å². The average Bonchev–Trinajstić information content (AvgIpc) is 2.74. The van der Waals surface area contributed by atoms with Gasteiger partial charge in [-0.25, -0.2) is 0 Å². The molecule has 0 atom stereocenters. The van der Waals surface area contributed by atoms with Gasteiger partial charge in [0, 0.05) is 25.7 Å². The molecule has 29 heavy (non-hydrogen) atoms. The molecule has 2 aromatic carbocycles. The Kier molecular flexibility index (Phi) is 6.66. The monoisotopic (exact) mass is 399 g/mol. The van der Waals surface area contributed by atoms with E-state index in [1.807, 2.05) is 18.2 Å². The number of carbonyl (C=O) groups is 1. The zero-order valence-electron chi connectivity index (χ0n) is 16.6. The molecule has 3 rings (SSSR count). The maximum atomic E-state index is 12.9. The topological polar surface area (TPSA) is 93.9 Å². The normalized spacial score (nSPS) is 15.0. The molecule has 154 valence electrons. The fraction of sp³-hybridized carbons (Fsp3) is 0.381. The number of nitro benzene ring substituents is 1. The number of carbonyl (C=O) groups excluding carboxylic acids is 1. The quantitative estimate of drug-likeness (QED) is 0.568. The molecule has 0 aromatic heterocycles. The highest BCUT2D eigenvalue weighted by atomic mass is 16.6. The van der Waals surface area contributed by atoms with E-state index in [1.54, 1.807) is 0 Å². The second kappa shape index (κ2) is 9.38. The Labute approximate surface area is 169 Å². The summed E-state index contributed by atoms with van der Waals surface area (Å²) >= 11 is 0. The zero-order valence-corrected chi connectivity index (χ0v) is 16.6. The molecule has 0 saturated carbocycles. The second-order valence-electron chi connectivity index (χ2n) is 6.96. The number of hydrogen-bond donors (Lipinski definition) is 1. The van der Waals surface area contributed by atoms with Gasteiger partial charge in [-0.3, -0.25) is 19.8 Å². The minimum Gasteiger partial charge on any atom is -0.496 e. The van der Waals surface area contributed by atoms with Gasteiger partial charge in [-0.15, -0.1) is 0 Å². The number of nitrogens with one attached hydrogen (secondary N) is 1. The van der Waals surface area contributed by atoms with Crippen LogP contribution in [-0.2, 0) is 6.54 Å². The second-order valence-corrected chi connectivity index (χ2v) is 6.96. The van der Waals surface area contributed by atoms with Crippen LogP contribution >= 0.6 is 0 Å². The first-order chi connectivity index (χ1) is 14.0. The number of benzene rings is 2. The highest BCUT2D eigenvalue weighted by Crippen LogP contribution is 2.37. The third-order valence-electron chi connectivity index (χ3n) is 5.12. The van der Waals surface area contributed by atoms with Crippen LogP contribution in [0.15, 0.2) is 42.5 Å². The van der Waals surface area contributed by atoms with Crippen LogP contribution in [0.5, 0.6) is 11.5 Å². The van der Waals surface area contributed by atoms with Crippen LogP contribution in [0.25, 0.3) is 0 Å². The van der Waals surface area contributed by atoms with Gasteiger partial charge in [-0.05, 0) is 30.5 Å². The van der Waals surface area contributed by atoms with Gasteiger partial charge in [0.05, 0.1) is 19.1 Å². The van der Waals surface area contributed by atoms with E-state index >= 15 is 0 Å². The number of methoxy groups -OCH3 is 2. The number of likely N-dealkylation sites (tertiary alicyclic amines) is 1. The molecule has 1 aliphatic rings. The molecule has 0 spiro atoms. The van der Waals surface area contributed by atoms with Gasteiger partial charge < -0.3 is 14.8 Å². The molecule has 1 saturated heterocycles. The maximum absolute atomic E-state index is 12.9. The molecule has 1 amide bonds. The fourth-order valence-electron chi connectivity index (χ4n) is 3.62. The predicted octanol–water partition coefficient (Wildman–Crippen LogP) is 3.01. The Morgan fingerprint density at radius 1 is 1.10 bits per heavy atom. The Hall–Kier alpha value is -3.13. The van der Waals surface area contributed by atoms with Gasteiger partial charge in [-0.2, -0.15) is 0 Å². The lowest BCUT2D eigenvalue weighted by molar-refractivity contribution is -0.386. The number of ether oxygens (including phenoxy) is 2. The van der Waals surface area contributed by atoms with Crippen molar-refractivity contribution in [3.63, 3.8) is 0 Å². The van der Waals surface area contributed by atoms with Crippen molar-refractivity contribution in [3.05, 3.63) is 63.7 Å². The van der Waals surface area contributed by atoms with E-state index in [-0.39, 0.29) is 28.8 Å². The molecule has 0 bridgehead atoms. The highest BCUT2D eigenvalue weighted by Gasteiger charge is 2.31. The molecule has 1 fully saturated rings. The molecule has 0 unspecified atom stereocenters. The third-order valence-corrected chi connectivity index (χ3v) is 5.12. The summed E-state index contributed by atoms with van der Waals surface area (Å²) in [4.78, 5) is 26.2. The lowest BCUT2D eigenvalue weighted by atomic mass is 10.0. The van der Waals surface area contributed by atoms with Crippen LogP contribution in [0, 0.1) is 10.1 Å². The van der Waals surface area contributed by atoms with Crippen LogP contribution in [0.4, 0.5) is 5.69 Å². The van der Waals surface area contributed by atoms with E-state index in [1.165, 1.54) is 31.9 Å². The number of nitro groups is 1. The molecule has 1 aliphatic heterocycles. The van der Waals surface area contributed by atoms with Crippen molar-refractivity contribution in [3.8, 4) is 11.5 Å². The van der Waals surface area contributed by atoms with Crippen LogP contribution in [0.2, 0.25) is 0 Å². The van der Waals surface area contributed by atoms with Crippen LogP contribution in [0.3, 0.4) is 0 Å². The van der Waals surface area contributed by atoms with Gasteiger partial charge in [0.15, 0.2) is 11.3 Å². The van der Waals surface area contributed by atoms with Crippen molar-refractivity contribution < 1.29 is 19.2 Å². The van der Waals surface area contributed by atoms with E-state index in [9.17, 15) is 14.9 Å². The number of hydrogen-bond acceptors (Lipinski definition) is 6. The highest BCUT2D eigenvalue weighted by molar-refractivity contribution is 6.02. The summed E-state index contributed by atoms with van der Waals surface area (Å²) in [6.07, 6.45) is 1.55. The van der Waals surface area contributed by atoms with Crippen LogP contribution in [-0.4, -0.2) is 49.1 Å². The summed E-state index contributed by atoms with van der Waals surface area (Å²) in [5.41, 5.74) is 0.765. The Bertz CT molecular complexity index is 864. The number of amides is 1. The molecule has 0 radical (unpaired) electrons. The van der Waals surface area contributed by atoms with Gasteiger partial charge in [0.25, 0.3) is 5.91 Å². The van der Waals surface area contributed by atoms with E-state index in [0.29, 0.717) is 0 Å². The third kappa shape index (κ3) is 4.83. The van der Waals surface area contributed by atoms with E-state index < -0.39 is 10.8 Å². The molecule has 1 N–H and O–H groups in total. The predicted molar refractivity (Wildman–Crippen MR) is 108 cm³/mol. The summed E-state index contributed by atoms with van der Waals surface area (Å²) in [5, 5.41) is 14.5. The van der Waals surface area contributed by atoms with Crippen molar-refractivity contribution >= 4 is 11.6 Å². The molecule has 1 heterocycles. The van der Waals surface area contributed by atoms with Crippen molar-refractivity contribution in [1.29, 1.82) is 0 Å². The lowest BCUT2D eigenvalue weighted by Crippen LogP contribution is -2.44. The molecule has 8 nitrogen and oxygen atoms in total. The fourth-order valence-corrected chi connectivity index (χ4v) is 3.62. The first-order valence-corrected chi connectivity index (χ1v) is 9.50. The minimum atomic E-state index is -0.612. The molecular formula is C21H25N3O5. The van der Waals surface area contributed by atoms with Gasteiger partial charge in [0.1, 0.15) is 5.75 Å². The average molecular weight is 399 g/mol. The summed E-state index contributed by atoms with van der Waals surface area (Å²) < 4.78 is 10.3. The zero-order chi connectivity index (χ0) is 20.8. The SMILES string of the molecule is COc1ccc(OC)c([N+](=O)[O-])c1C(=O)NC1CCN(Cc2ccccc2)CC1. The van der Waals surface area contributed by atoms with E-state index in [4.69, 9.17) is 9.47 Å². The van der Waals surface area contributed by atoms with Crippen LogP contribution in [0.1, 0.15) is 28.8 Å². The molecule has 0 aliphatic carbocycles. The number of piperidine rings is 1. The summed E-state index contributed by atoms with van der Waals surface area (Å²) in [5.74, 6) is -0.343. The minimum absolute atomic E-state index is 0.0265. The summed E-state index contributed by atoms with van der Waals surface area (Å²) in [6.45, 7) is 2.56.